The van der Waals surface area contributed by atoms with Crippen molar-refractivity contribution in [2.24, 2.45) is 19.5 Å². The Morgan fingerprint density at radius 3 is 2.65 bits per heavy atom. The lowest BCUT2D eigenvalue weighted by Gasteiger charge is -2.31. The van der Waals surface area contributed by atoms with Gasteiger partial charge in [-0.2, -0.15) is 5.10 Å². The van der Waals surface area contributed by atoms with Crippen LogP contribution in [-0.4, -0.2) is 41.3 Å². The summed E-state index contributed by atoms with van der Waals surface area (Å²) in [6.45, 7) is 11.0. The van der Waals surface area contributed by atoms with Gasteiger partial charge in [0, 0.05) is 45.3 Å². The van der Waals surface area contributed by atoms with Crippen molar-refractivity contribution < 1.29 is 0 Å². The van der Waals surface area contributed by atoms with E-state index >= 15 is 0 Å². The Kier molecular flexibility index (Phi) is 6.00. The lowest BCUT2D eigenvalue weighted by Crippen LogP contribution is -2.29. The minimum Gasteiger partial charge on any atom is -0.290 e. The summed E-state index contributed by atoms with van der Waals surface area (Å²) in [5.74, 6) is 0.322. The van der Waals surface area contributed by atoms with E-state index < -0.39 is 0 Å². The van der Waals surface area contributed by atoms with Gasteiger partial charge in [-0.15, -0.1) is 0 Å². The average Bonchev–Trinajstić information content (AvgIpc) is 3.09. The van der Waals surface area contributed by atoms with Gasteiger partial charge in [0.25, 0.3) is 0 Å². The molecule has 3 aromatic heterocycles. The Morgan fingerprint density at radius 2 is 2.00 bits per heavy atom. The van der Waals surface area contributed by atoms with Crippen LogP contribution in [0, 0.1) is 12.3 Å². The first-order valence-electron chi connectivity index (χ1n) is 10.7. The molecule has 0 spiro atoms. The fourth-order valence-corrected chi connectivity index (χ4v) is 5.64. The fourth-order valence-electron chi connectivity index (χ4n) is 4.25. The van der Waals surface area contributed by atoms with Gasteiger partial charge in [0.1, 0.15) is 5.15 Å². The predicted octanol–water partition coefficient (Wildman–Crippen LogP) is 4.36. The molecular weight excluding hydrogens is 432 g/mol. The minimum absolute atomic E-state index is 0.00269. The van der Waals surface area contributed by atoms with Crippen LogP contribution in [0.3, 0.4) is 0 Å². The first kappa shape index (κ1) is 22.4. The molecule has 1 fully saturated rings. The maximum absolute atomic E-state index is 12.8. The molecule has 0 aromatic carbocycles. The van der Waals surface area contributed by atoms with Gasteiger partial charge >= 0.3 is 5.69 Å². The highest BCUT2D eigenvalue weighted by atomic mass is 35.5. The normalized spacial score (nSPS) is 18.2. The van der Waals surface area contributed by atoms with Crippen molar-refractivity contribution in [1.29, 1.82) is 0 Å². The predicted molar refractivity (Wildman–Crippen MR) is 127 cm³/mol. The van der Waals surface area contributed by atoms with E-state index in [9.17, 15) is 4.79 Å². The number of piperidine rings is 1. The molecule has 7 nitrogen and oxygen atoms in total. The summed E-state index contributed by atoms with van der Waals surface area (Å²) in [7, 11) is 3.68. The summed E-state index contributed by atoms with van der Waals surface area (Å²) >= 11 is 8.13. The van der Waals surface area contributed by atoms with Crippen LogP contribution in [0.4, 0.5) is 0 Å². The Hall–Kier alpha value is -1.77. The maximum atomic E-state index is 12.8. The SMILES string of the molecule is Cc1nn(C)c(Cl)c1SN1CCCC(c2ccc3c(n2)n(C)c(=O)n3CC(C)(C)C)C1. The average molecular weight is 463 g/mol. The molecule has 1 aliphatic heterocycles. The molecule has 0 saturated carbocycles. The second kappa shape index (κ2) is 8.30. The van der Waals surface area contributed by atoms with Crippen LogP contribution in [0.2, 0.25) is 5.15 Å². The van der Waals surface area contributed by atoms with E-state index in [0.717, 1.165) is 53.4 Å². The monoisotopic (exact) mass is 462 g/mol. The molecule has 3 aromatic rings. The number of rotatable bonds is 4. The van der Waals surface area contributed by atoms with Crippen LogP contribution in [-0.2, 0) is 20.6 Å². The maximum Gasteiger partial charge on any atom is 0.330 e. The van der Waals surface area contributed by atoms with Gasteiger partial charge in [0.15, 0.2) is 5.65 Å². The van der Waals surface area contributed by atoms with Crippen molar-refractivity contribution in [3.63, 3.8) is 0 Å². The number of hydrogen-bond donors (Lipinski definition) is 0. The van der Waals surface area contributed by atoms with Crippen LogP contribution < -0.4 is 5.69 Å². The number of aryl methyl sites for hydroxylation is 3. The minimum atomic E-state index is -0.00269. The second-order valence-corrected chi connectivity index (χ2v) is 11.2. The molecule has 31 heavy (non-hydrogen) atoms. The molecule has 1 unspecified atom stereocenters. The lowest BCUT2D eigenvalue weighted by molar-refractivity contribution is 0.339. The van der Waals surface area contributed by atoms with Gasteiger partial charge in [-0.1, -0.05) is 32.4 Å². The van der Waals surface area contributed by atoms with Gasteiger partial charge in [-0.3, -0.25) is 13.8 Å². The number of halogens is 1. The number of hydrogen-bond acceptors (Lipinski definition) is 5. The first-order valence-corrected chi connectivity index (χ1v) is 11.9. The molecule has 4 heterocycles. The number of imidazole rings is 1. The molecule has 9 heteroatoms. The van der Waals surface area contributed by atoms with Crippen LogP contribution in [0.15, 0.2) is 21.8 Å². The van der Waals surface area contributed by atoms with Crippen molar-refractivity contribution in [2.45, 2.75) is 57.9 Å². The molecule has 1 aliphatic rings. The van der Waals surface area contributed by atoms with Gasteiger partial charge in [-0.05, 0) is 49.3 Å². The molecular formula is C22H31ClN6OS. The van der Waals surface area contributed by atoms with E-state index in [1.165, 1.54) is 0 Å². The highest BCUT2D eigenvalue weighted by Gasteiger charge is 2.26. The van der Waals surface area contributed by atoms with Crippen molar-refractivity contribution >= 4 is 34.7 Å². The standard InChI is InChI=1S/C22H31ClN6OS/c1-14-18(19(23)27(6)25-14)31-28-11-7-8-15(12-28)16-9-10-17-20(24-16)26(5)21(30)29(17)13-22(2,3)4/h9-10,15H,7-8,11-13H2,1-6H3. The Labute approximate surface area is 192 Å². The topological polar surface area (TPSA) is 60.9 Å². The van der Waals surface area contributed by atoms with Crippen LogP contribution in [0.5, 0.6) is 0 Å². The third kappa shape index (κ3) is 4.43. The highest BCUT2D eigenvalue weighted by Crippen LogP contribution is 2.37. The van der Waals surface area contributed by atoms with E-state index in [1.807, 2.05) is 25.6 Å². The van der Waals surface area contributed by atoms with E-state index in [1.54, 1.807) is 21.2 Å². The van der Waals surface area contributed by atoms with Crippen molar-refractivity contribution in [3.05, 3.63) is 39.2 Å². The van der Waals surface area contributed by atoms with E-state index in [2.05, 4.69) is 42.3 Å². The summed E-state index contributed by atoms with van der Waals surface area (Å²) in [5, 5.41) is 5.10. The second-order valence-electron chi connectivity index (χ2n) is 9.71. The molecule has 1 saturated heterocycles. The van der Waals surface area contributed by atoms with E-state index in [-0.39, 0.29) is 11.1 Å². The zero-order chi connectivity index (χ0) is 22.5. The molecule has 0 aliphatic carbocycles. The molecule has 0 radical (unpaired) electrons. The zero-order valence-corrected chi connectivity index (χ0v) is 20.7. The fraction of sp³-hybridized carbons (Fsp3) is 0.591. The number of aromatic nitrogens is 5. The van der Waals surface area contributed by atoms with Crippen LogP contribution in [0.1, 0.15) is 50.9 Å². The molecule has 0 bridgehead atoms. The summed E-state index contributed by atoms with van der Waals surface area (Å²) in [6.07, 6.45) is 2.18. The van der Waals surface area contributed by atoms with Gasteiger partial charge in [0.05, 0.1) is 16.1 Å². The Morgan fingerprint density at radius 1 is 1.26 bits per heavy atom. The van der Waals surface area contributed by atoms with Crippen molar-refractivity contribution in [3.8, 4) is 0 Å². The molecule has 0 amide bonds. The van der Waals surface area contributed by atoms with Crippen LogP contribution >= 0.6 is 23.5 Å². The summed E-state index contributed by atoms with van der Waals surface area (Å²) in [6, 6.07) is 4.17. The molecule has 4 rings (SSSR count). The van der Waals surface area contributed by atoms with Gasteiger partial charge < -0.3 is 0 Å². The quantitative estimate of drug-likeness (QED) is 0.539. The number of fused-ring (bicyclic) bond motifs is 1. The Bertz CT molecular complexity index is 1170. The zero-order valence-electron chi connectivity index (χ0n) is 19.1. The van der Waals surface area contributed by atoms with Crippen LogP contribution in [0.25, 0.3) is 11.2 Å². The molecule has 1 atom stereocenters. The summed E-state index contributed by atoms with van der Waals surface area (Å²) < 4.78 is 7.61. The van der Waals surface area contributed by atoms with E-state index in [4.69, 9.17) is 16.6 Å². The third-order valence-electron chi connectivity index (χ3n) is 5.76. The third-order valence-corrected chi connectivity index (χ3v) is 7.56. The Balaban J connectivity index is 1.60. The lowest BCUT2D eigenvalue weighted by atomic mass is 9.95. The van der Waals surface area contributed by atoms with Gasteiger partial charge in [0.2, 0.25) is 0 Å². The van der Waals surface area contributed by atoms with Crippen molar-refractivity contribution in [1.82, 2.24) is 28.2 Å². The summed E-state index contributed by atoms with van der Waals surface area (Å²) in [5.41, 5.74) is 3.69. The van der Waals surface area contributed by atoms with Gasteiger partial charge in [-0.25, -0.2) is 14.1 Å². The first-order chi connectivity index (χ1) is 14.5. The smallest absolute Gasteiger partial charge is 0.290 e. The number of pyridine rings is 1. The highest BCUT2D eigenvalue weighted by molar-refractivity contribution is 7.97. The van der Waals surface area contributed by atoms with E-state index in [0.29, 0.717) is 17.6 Å². The number of nitrogens with zero attached hydrogens (tertiary/aromatic N) is 6. The largest absolute Gasteiger partial charge is 0.330 e. The molecule has 168 valence electrons. The molecule has 0 N–H and O–H groups in total. The van der Waals surface area contributed by atoms with Crippen molar-refractivity contribution in [2.75, 3.05) is 13.1 Å². The summed E-state index contributed by atoms with van der Waals surface area (Å²) in [4.78, 5) is 18.8.